The van der Waals surface area contributed by atoms with Crippen LogP contribution in [0.4, 0.5) is 5.69 Å². The number of nitro benzene ring substituents is 1. The van der Waals surface area contributed by atoms with Crippen molar-refractivity contribution in [3.63, 3.8) is 0 Å². The van der Waals surface area contributed by atoms with Crippen molar-refractivity contribution in [3.05, 3.63) is 69.8 Å². The second-order valence-corrected chi connectivity index (χ2v) is 7.67. The zero-order valence-electron chi connectivity index (χ0n) is 16.0. The van der Waals surface area contributed by atoms with Gasteiger partial charge < -0.3 is 15.5 Å². The minimum atomic E-state index is -1.56. The maximum absolute atomic E-state index is 12.9. The molecule has 1 amide bonds. The fourth-order valence-electron chi connectivity index (χ4n) is 2.76. The highest BCUT2D eigenvalue weighted by Crippen LogP contribution is 2.29. The number of carbonyl (C=O) groups excluding carboxylic acids is 2. The monoisotopic (exact) mass is 432 g/mol. The molecule has 3 N–H and O–H groups in total. The van der Waals surface area contributed by atoms with Crippen LogP contribution in [0.25, 0.3) is 0 Å². The first kappa shape index (κ1) is 22.9. The second-order valence-electron chi connectivity index (χ2n) is 6.47. The van der Waals surface area contributed by atoms with E-state index in [1.807, 2.05) is 18.2 Å². The maximum atomic E-state index is 12.9. The molecule has 0 aliphatic rings. The first-order valence-electron chi connectivity index (χ1n) is 8.86. The molecule has 0 radical (unpaired) electrons. The molecule has 0 aromatic heterocycles. The third-order valence-electron chi connectivity index (χ3n) is 4.25. The van der Waals surface area contributed by atoms with E-state index in [1.165, 1.54) is 13.0 Å². The second kappa shape index (κ2) is 10.4. The van der Waals surface area contributed by atoms with E-state index in [0.717, 1.165) is 29.5 Å². The van der Waals surface area contributed by atoms with Crippen LogP contribution in [-0.2, 0) is 20.8 Å². The van der Waals surface area contributed by atoms with E-state index < -0.39 is 40.2 Å². The molecule has 9 nitrogen and oxygen atoms in total. The smallest absolute Gasteiger partial charge is 0.330 e. The van der Waals surface area contributed by atoms with Crippen LogP contribution < -0.4 is 5.32 Å². The molecule has 0 heterocycles. The maximum Gasteiger partial charge on any atom is 0.330 e. The molecule has 0 fully saturated rings. The van der Waals surface area contributed by atoms with E-state index in [9.17, 15) is 34.7 Å². The molecule has 0 bridgehead atoms. The number of aliphatic carboxylic acids is 1. The summed E-state index contributed by atoms with van der Waals surface area (Å²) >= 11 is 0.957. The molecule has 30 heavy (non-hydrogen) atoms. The molecular formula is C20H20N2O7S. The van der Waals surface area contributed by atoms with Crippen LogP contribution in [0.15, 0.2) is 48.5 Å². The number of thioether (sulfide) groups is 1. The average molecular weight is 432 g/mol. The molecule has 0 aliphatic heterocycles. The van der Waals surface area contributed by atoms with E-state index in [4.69, 9.17) is 0 Å². The zero-order chi connectivity index (χ0) is 22.3. The quantitative estimate of drug-likeness (QED) is 0.405. The molecule has 10 heteroatoms. The summed E-state index contributed by atoms with van der Waals surface area (Å²) < 4.78 is 0. The van der Waals surface area contributed by atoms with E-state index in [2.05, 4.69) is 5.32 Å². The first-order valence-corrected chi connectivity index (χ1v) is 9.85. The van der Waals surface area contributed by atoms with Crippen LogP contribution in [0.5, 0.6) is 5.75 Å². The van der Waals surface area contributed by atoms with Gasteiger partial charge in [-0.15, -0.1) is 0 Å². The number of amides is 1. The van der Waals surface area contributed by atoms with Crippen molar-refractivity contribution < 1.29 is 29.5 Å². The van der Waals surface area contributed by atoms with E-state index in [1.54, 1.807) is 12.1 Å². The fourth-order valence-corrected chi connectivity index (χ4v) is 3.46. The predicted molar refractivity (Wildman–Crippen MR) is 110 cm³/mol. The summed E-state index contributed by atoms with van der Waals surface area (Å²) in [7, 11) is 0. The normalized spacial score (nSPS) is 12.6. The highest BCUT2D eigenvalue weighted by Gasteiger charge is 2.29. The fraction of sp³-hybridized carbons (Fsp3) is 0.250. The number of nitro groups is 1. The van der Waals surface area contributed by atoms with Crippen molar-refractivity contribution in [2.75, 3.05) is 5.75 Å². The lowest BCUT2D eigenvalue weighted by atomic mass is 9.98. The molecule has 2 atom stereocenters. The van der Waals surface area contributed by atoms with E-state index >= 15 is 0 Å². The van der Waals surface area contributed by atoms with Gasteiger partial charge in [0.15, 0.2) is 16.9 Å². The number of rotatable bonds is 9. The molecule has 0 spiro atoms. The van der Waals surface area contributed by atoms with Gasteiger partial charge in [-0.2, -0.15) is 0 Å². The Morgan fingerprint density at radius 1 is 1.17 bits per heavy atom. The van der Waals surface area contributed by atoms with Gasteiger partial charge in [-0.05, 0) is 23.6 Å². The minimum Gasteiger partial charge on any atom is -0.502 e. The largest absolute Gasteiger partial charge is 0.502 e. The minimum absolute atomic E-state index is 0.0574. The number of nitrogens with zero attached hydrogens (tertiary/aromatic N) is 1. The molecule has 2 aromatic rings. The number of carboxylic acids is 1. The first-order chi connectivity index (χ1) is 14.2. The summed E-state index contributed by atoms with van der Waals surface area (Å²) in [5.41, 5.74) is 0.118. The number of benzene rings is 2. The lowest BCUT2D eigenvalue weighted by molar-refractivity contribution is -0.385. The van der Waals surface area contributed by atoms with Gasteiger partial charge in [0.05, 0.1) is 10.8 Å². The standard InChI is InChI=1S/C20H20N2O7S/c1-12(23)30-11-15(9-13-5-3-2-4-6-13)19(25)21-18(20(26)27)14-7-8-17(24)16(10-14)22(28)29/h2-8,10,15,18,24H,9,11H2,1H3,(H,21,25)(H,26,27). The number of nitrogens with one attached hydrogen (secondary N) is 1. The van der Waals surface area contributed by atoms with Gasteiger partial charge in [0, 0.05) is 18.7 Å². The summed E-state index contributed by atoms with van der Waals surface area (Å²) in [6.45, 7) is 1.37. The third kappa shape index (κ3) is 6.31. The molecule has 158 valence electrons. The van der Waals surface area contributed by atoms with E-state index in [-0.39, 0.29) is 22.9 Å². The number of carboxylic acid groups (broad SMARTS) is 1. The Hall–Kier alpha value is -3.40. The van der Waals surface area contributed by atoms with Gasteiger partial charge in [0.1, 0.15) is 0 Å². The van der Waals surface area contributed by atoms with Crippen LogP contribution in [0.2, 0.25) is 0 Å². The van der Waals surface area contributed by atoms with Crippen molar-refractivity contribution in [1.82, 2.24) is 5.32 Å². The Morgan fingerprint density at radius 2 is 1.83 bits per heavy atom. The number of phenolic OH excluding ortho intramolecular Hbond substituents is 1. The summed E-state index contributed by atoms with van der Waals surface area (Å²) in [5.74, 6) is -3.18. The van der Waals surface area contributed by atoms with Crippen molar-refractivity contribution in [2.45, 2.75) is 19.4 Å². The van der Waals surface area contributed by atoms with Gasteiger partial charge in [-0.1, -0.05) is 48.2 Å². The Bertz CT molecular complexity index is 949. The topological polar surface area (TPSA) is 147 Å². The van der Waals surface area contributed by atoms with Crippen LogP contribution >= 0.6 is 11.8 Å². The molecule has 0 saturated carbocycles. The van der Waals surface area contributed by atoms with Crippen LogP contribution in [-0.4, -0.2) is 37.9 Å². The molecule has 2 unspecified atom stereocenters. The Labute approximate surface area is 176 Å². The summed E-state index contributed by atoms with van der Waals surface area (Å²) in [4.78, 5) is 46.1. The Morgan fingerprint density at radius 3 is 2.40 bits per heavy atom. The number of carbonyl (C=O) groups is 3. The van der Waals surface area contributed by atoms with Crippen LogP contribution in [0.3, 0.4) is 0 Å². The molecule has 0 saturated heterocycles. The zero-order valence-corrected chi connectivity index (χ0v) is 16.8. The van der Waals surface area contributed by atoms with Gasteiger partial charge in [0.2, 0.25) is 5.91 Å². The average Bonchev–Trinajstić information content (AvgIpc) is 2.69. The third-order valence-corrected chi connectivity index (χ3v) is 5.22. The van der Waals surface area contributed by atoms with Gasteiger partial charge in [-0.25, -0.2) is 4.79 Å². The molecule has 2 aromatic carbocycles. The number of hydrogen-bond donors (Lipinski definition) is 3. The van der Waals surface area contributed by atoms with Crippen molar-refractivity contribution in [3.8, 4) is 5.75 Å². The Kier molecular flexibility index (Phi) is 7.93. The summed E-state index contributed by atoms with van der Waals surface area (Å²) in [6, 6.07) is 10.6. The summed E-state index contributed by atoms with van der Waals surface area (Å²) in [6.07, 6.45) is 0.287. The van der Waals surface area contributed by atoms with E-state index in [0.29, 0.717) is 0 Å². The number of aromatic hydroxyl groups is 1. The number of phenols is 1. The lowest BCUT2D eigenvalue weighted by Crippen LogP contribution is -2.39. The molecule has 2 rings (SSSR count). The highest BCUT2D eigenvalue weighted by atomic mass is 32.2. The van der Waals surface area contributed by atoms with Crippen LogP contribution in [0, 0.1) is 16.0 Å². The van der Waals surface area contributed by atoms with Gasteiger partial charge in [-0.3, -0.25) is 19.7 Å². The predicted octanol–water partition coefficient (Wildman–Crippen LogP) is 2.68. The summed E-state index contributed by atoms with van der Waals surface area (Å²) in [5, 5.41) is 32.4. The van der Waals surface area contributed by atoms with Crippen molar-refractivity contribution in [1.29, 1.82) is 0 Å². The molecular weight excluding hydrogens is 412 g/mol. The highest BCUT2D eigenvalue weighted by molar-refractivity contribution is 8.13. The lowest BCUT2D eigenvalue weighted by Gasteiger charge is -2.20. The van der Waals surface area contributed by atoms with Crippen molar-refractivity contribution in [2.24, 2.45) is 5.92 Å². The SMILES string of the molecule is CC(=O)SCC(Cc1ccccc1)C(=O)NC(C(=O)O)c1ccc(O)c([N+](=O)[O-])c1. The van der Waals surface area contributed by atoms with Gasteiger partial charge >= 0.3 is 11.7 Å². The number of hydrogen-bond acceptors (Lipinski definition) is 7. The van der Waals surface area contributed by atoms with Crippen molar-refractivity contribution >= 4 is 34.4 Å². The molecule has 0 aliphatic carbocycles. The Balaban J connectivity index is 2.27. The van der Waals surface area contributed by atoms with Crippen LogP contribution in [0.1, 0.15) is 24.1 Å². The van der Waals surface area contributed by atoms with Gasteiger partial charge in [0.25, 0.3) is 0 Å².